The van der Waals surface area contributed by atoms with Crippen LogP contribution in [0.25, 0.3) is 0 Å². The average Bonchev–Trinajstić information content (AvgIpc) is 2.75. The van der Waals surface area contributed by atoms with Crippen LogP contribution in [0, 0.1) is 11.8 Å². The molecule has 0 aromatic heterocycles. The number of carbonyl (C=O) groups excluding carboxylic acids is 2. The first-order chi connectivity index (χ1) is 14.5. The van der Waals surface area contributed by atoms with Crippen molar-refractivity contribution < 1.29 is 9.59 Å². The number of hydrogen-bond donors (Lipinski definition) is 0. The van der Waals surface area contributed by atoms with E-state index in [0.717, 1.165) is 45.3 Å². The van der Waals surface area contributed by atoms with Crippen LogP contribution in [-0.4, -0.2) is 96.4 Å². The Balaban J connectivity index is 1.35. The van der Waals surface area contributed by atoms with Crippen molar-refractivity contribution in [1.29, 1.82) is 0 Å². The quantitative estimate of drug-likeness (QED) is 0.688. The molecule has 4 aliphatic heterocycles. The van der Waals surface area contributed by atoms with E-state index in [1.54, 1.807) is 6.92 Å². The third-order valence-electron chi connectivity index (χ3n) is 8.60. The van der Waals surface area contributed by atoms with Gasteiger partial charge in [-0.15, -0.1) is 0 Å². The molecule has 6 nitrogen and oxygen atoms in total. The fourth-order valence-corrected chi connectivity index (χ4v) is 6.95. The van der Waals surface area contributed by atoms with E-state index in [9.17, 15) is 9.59 Å². The summed E-state index contributed by atoms with van der Waals surface area (Å²) in [6.07, 6.45) is 9.72. The molecule has 0 spiro atoms. The van der Waals surface area contributed by atoms with Gasteiger partial charge in [0.2, 0.25) is 11.8 Å². The zero-order chi connectivity index (χ0) is 21.3. The van der Waals surface area contributed by atoms with Gasteiger partial charge in [-0.25, -0.2) is 0 Å². The predicted octanol–water partition coefficient (Wildman–Crippen LogP) is 2.43. The fourth-order valence-electron chi connectivity index (χ4n) is 6.95. The van der Waals surface area contributed by atoms with Gasteiger partial charge >= 0.3 is 0 Å². The minimum atomic E-state index is 0.232. The second-order valence-corrected chi connectivity index (χ2v) is 10.4. The minimum Gasteiger partial charge on any atom is -0.343 e. The van der Waals surface area contributed by atoms with Gasteiger partial charge < -0.3 is 14.7 Å². The molecule has 4 heterocycles. The second kappa shape index (κ2) is 9.56. The van der Waals surface area contributed by atoms with E-state index in [1.807, 2.05) is 11.9 Å². The Bertz CT molecular complexity index is 616. The SMILES string of the molecule is CC(=O)N1C[C@@H]2CCCN3CCC[C@@H]([C@H]23)[C@H]1CCCC(=O)N(C)C1CCN(C)CC1. The number of amides is 2. The molecule has 0 bridgehead atoms. The van der Waals surface area contributed by atoms with Crippen LogP contribution in [0.15, 0.2) is 0 Å². The molecule has 0 saturated carbocycles. The lowest BCUT2D eigenvalue weighted by Gasteiger charge is -2.57. The topological polar surface area (TPSA) is 47.1 Å². The van der Waals surface area contributed by atoms with Gasteiger partial charge in [0, 0.05) is 45.1 Å². The van der Waals surface area contributed by atoms with Gasteiger partial charge in [0.25, 0.3) is 0 Å². The standard InChI is InChI=1S/C24H42N4O2/c1-18(29)28-17-19-7-5-13-27-14-6-8-21(24(19)27)22(28)9-4-10-23(30)26(3)20-11-15-25(2)16-12-20/h19-22,24H,4-17H2,1-3H3/t19-,21+,22+,24-/m0/s1. The van der Waals surface area contributed by atoms with Crippen LogP contribution in [0.5, 0.6) is 0 Å². The summed E-state index contributed by atoms with van der Waals surface area (Å²) in [7, 11) is 4.15. The number of carbonyl (C=O) groups is 2. The fraction of sp³-hybridized carbons (Fsp3) is 0.917. The van der Waals surface area contributed by atoms with Crippen molar-refractivity contribution in [3.8, 4) is 0 Å². The van der Waals surface area contributed by atoms with Crippen LogP contribution in [-0.2, 0) is 9.59 Å². The second-order valence-electron chi connectivity index (χ2n) is 10.4. The summed E-state index contributed by atoms with van der Waals surface area (Å²) in [5.74, 6) is 1.77. The van der Waals surface area contributed by atoms with Gasteiger partial charge in [0.1, 0.15) is 0 Å². The Morgan fingerprint density at radius 2 is 1.70 bits per heavy atom. The normalized spacial score (nSPS) is 33.2. The van der Waals surface area contributed by atoms with E-state index >= 15 is 0 Å². The van der Waals surface area contributed by atoms with Crippen molar-refractivity contribution >= 4 is 11.8 Å². The molecule has 0 aromatic rings. The number of nitrogens with zero attached hydrogens (tertiary/aromatic N) is 4. The molecule has 30 heavy (non-hydrogen) atoms. The van der Waals surface area contributed by atoms with Crippen molar-refractivity contribution in [3.05, 3.63) is 0 Å². The highest BCUT2D eigenvalue weighted by Gasteiger charge is 2.48. The predicted molar refractivity (Wildman–Crippen MR) is 119 cm³/mol. The molecule has 4 aliphatic rings. The summed E-state index contributed by atoms with van der Waals surface area (Å²) in [6.45, 7) is 7.32. The van der Waals surface area contributed by atoms with Crippen LogP contribution in [0.1, 0.15) is 64.7 Å². The molecule has 4 rings (SSSR count). The van der Waals surface area contributed by atoms with Crippen molar-refractivity contribution in [1.82, 2.24) is 19.6 Å². The van der Waals surface area contributed by atoms with Crippen LogP contribution in [0.2, 0.25) is 0 Å². The lowest BCUT2D eigenvalue weighted by atomic mass is 9.69. The van der Waals surface area contributed by atoms with Crippen LogP contribution in [0.4, 0.5) is 0 Å². The zero-order valence-corrected chi connectivity index (χ0v) is 19.4. The molecule has 2 amide bonds. The molecular weight excluding hydrogens is 376 g/mol. The first-order valence-corrected chi connectivity index (χ1v) is 12.4. The highest BCUT2D eigenvalue weighted by Crippen LogP contribution is 2.43. The van der Waals surface area contributed by atoms with Gasteiger partial charge in [0.15, 0.2) is 0 Å². The number of piperidine rings is 4. The van der Waals surface area contributed by atoms with Gasteiger partial charge in [-0.2, -0.15) is 0 Å². The van der Waals surface area contributed by atoms with Gasteiger partial charge in [-0.05, 0) is 96.4 Å². The summed E-state index contributed by atoms with van der Waals surface area (Å²) in [5, 5.41) is 0. The molecule has 4 atom stereocenters. The van der Waals surface area contributed by atoms with Crippen molar-refractivity contribution in [3.63, 3.8) is 0 Å². The molecule has 0 radical (unpaired) electrons. The van der Waals surface area contributed by atoms with E-state index in [2.05, 4.69) is 21.7 Å². The van der Waals surface area contributed by atoms with E-state index in [-0.39, 0.29) is 11.8 Å². The third kappa shape index (κ3) is 4.55. The monoisotopic (exact) mass is 418 g/mol. The Kier molecular flexibility index (Phi) is 7.03. The van der Waals surface area contributed by atoms with E-state index in [0.29, 0.717) is 36.4 Å². The molecular formula is C24H42N4O2. The largest absolute Gasteiger partial charge is 0.343 e. The third-order valence-corrected chi connectivity index (χ3v) is 8.60. The smallest absolute Gasteiger partial charge is 0.222 e. The highest BCUT2D eigenvalue weighted by molar-refractivity contribution is 5.76. The number of likely N-dealkylation sites (tertiary alicyclic amines) is 2. The Hall–Kier alpha value is -1.14. The number of hydrogen-bond acceptors (Lipinski definition) is 4. The number of rotatable bonds is 5. The summed E-state index contributed by atoms with van der Waals surface area (Å²) in [5.41, 5.74) is 0. The molecule has 170 valence electrons. The van der Waals surface area contributed by atoms with Crippen LogP contribution in [0.3, 0.4) is 0 Å². The molecule has 4 fully saturated rings. The lowest BCUT2D eigenvalue weighted by molar-refractivity contribution is -0.144. The molecule has 0 aliphatic carbocycles. The van der Waals surface area contributed by atoms with Gasteiger partial charge in [-0.3, -0.25) is 14.5 Å². The molecule has 0 N–H and O–H groups in total. The first-order valence-electron chi connectivity index (χ1n) is 12.4. The van der Waals surface area contributed by atoms with E-state index < -0.39 is 0 Å². The van der Waals surface area contributed by atoms with Crippen LogP contribution >= 0.6 is 0 Å². The van der Waals surface area contributed by atoms with Crippen molar-refractivity contribution in [2.24, 2.45) is 11.8 Å². The maximum Gasteiger partial charge on any atom is 0.222 e. The Morgan fingerprint density at radius 1 is 1.00 bits per heavy atom. The molecule has 0 aromatic carbocycles. The van der Waals surface area contributed by atoms with E-state index in [4.69, 9.17) is 0 Å². The van der Waals surface area contributed by atoms with Crippen molar-refractivity contribution in [2.45, 2.75) is 82.8 Å². The van der Waals surface area contributed by atoms with Gasteiger partial charge in [-0.1, -0.05) is 0 Å². The molecule has 6 heteroatoms. The maximum absolute atomic E-state index is 12.8. The molecule has 4 saturated heterocycles. The maximum atomic E-state index is 12.8. The van der Waals surface area contributed by atoms with Gasteiger partial charge in [0.05, 0.1) is 0 Å². The average molecular weight is 419 g/mol. The Labute approximate surface area is 182 Å². The summed E-state index contributed by atoms with van der Waals surface area (Å²) < 4.78 is 0. The van der Waals surface area contributed by atoms with Crippen LogP contribution < -0.4 is 0 Å². The summed E-state index contributed by atoms with van der Waals surface area (Å²) in [4.78, 5) is 34.6. The Morgan fingerprint density at radius 3 is 2.40 bits per heavy atom. The lowest BCUT2D eigenvalue weighted by Crippen LogP contribution is -2.65. The highest BCUT2D eigenvalue weighted by atomic mass is 16.2. The molecule has 0 unspecified atom stereocenters. The zero-order valence-electron chi connectivity index (χ0n) is 19.4. The summed E-state index contributed by atoms with van der Waals surface area (Å²) >= 11 is 0. The van der Waals surface area contributed by atoms with E-state index in [1.165, 1.54) is 38.8 Å². The van der Waals surface area contributed by atoms with Crippen molar-refractivity contribution in [2.75, 3.05) is 46.8 Å². The summed E-state index contributed by atoms with van der Waals surface area (Å²) in [6, 6.07) is 1.39. The minimum absolute atomic E-state index is 0.232. The first kappa shape index (κ1) is 22.1.